The summed E-state index contributed by atoms with van der Waals surface area (Å²) in [4.78, 5) is 8.68. The summed E-state index contributed by atoms with van der Waals surface area (Å²) in [6.07, 6.45) is 3.61. The molecule has 0 bridgehead atoms. The number of pyridine rings is 2. The third kappa shape index (κ3) is 5.96. The standard InChI is InChI=1S/C21H14N.C11H8N.Ir/c1-2-8-17-15-18(13-12-16(17)7-1)19-9-3-4-10-20(19)21-11-5-6-14-22-21;1-2-6-10(7-3-1)11-8-4-5-9-12-11;/h1-9,11-15H;1-6,8-9H;/q2*-1;. The summed E-state index contributed by atoms with van der Waals surface area (Å²) in [5.41, 5.74) is 6.35. The van der Waals surface area contributed by atoms with E-state index in [0.29, 0.717) is 0 Å². The molecule has 0 aliphatic rings. The molecule has 2 aromatic heterocycles. The van der Waals surface area contributed by atoms with Crippen molar-refractivity contribution in [3.63, 3.8) is 0 Å². The summed E-state index contributed by atoms with van der Waals surface area (Å²) in [5.74, 6) is 0. The molecular formula is C32H22IrN2-2. The predicted molar refractivity (Wildman–Crippen MR) is 140 cm³/mol. The Hall–Kier alpha value is -3.91. The molecule has 35 heavy (non-hydrogen) atoms. The van der Waals surface area contributed by atoms with E-state index in [9.17, 15) is 0 Å². The van der Waals surface area contributed by atoms with Gasteiger partial charge in [-0.2, -0.15) is 0 Å². The van der Waals surface area contributed by atoms with E-state index in [1.165, 1.54) is 16.3 Å². The average Bonchev–Trinajstić information content (AvgIpc) is 2.95. The molecule has 6 aromatic rings. The molecule has 2 nitrogen and oxygen atoms in total. The molecule has 0 N–H and O–H groups in total. The van der Waals surface area contributed by atoms with Crippen molar-refractivity contribution in [1.29, 1.82) is 0 Å². The van der Waals surface area contributed by atoms with Crippen molar-refractivity contribution in [3.8, 4) is 33.6 Å². The Kier molecular flexibility index (Phi) is 8.29. The van der Waals surface area contributed by atoms with Crippen LogP contribution in [0.25, 0.3) is 44.4 Å². The molecule has 0 saturated heterocycles. The van der Waals surface area contributed by atoms with Crippen molar-refractivity contribution in [3.05, 3.63) is 146 Å². The van der Waals surface area contributed by atoms with E-state index in [0.717, 1.165) is 28.1 Å². The minimum Gasteiger partial charge on any atom is -0.305 e. The van der Waals surface area contributed by atoms with Gasteiger partial charge in [0.15, 0.2) is 0 Å². The zero-order chi connectivity index (χ0) is 23.0. The van der Waals surface area contributed by atoms with Gasteiger partial charge < -0.3 is 9.97 Å². The second-order valence-corrected chi connectivity index (χ2v) is 7.73. The third-order valence-electron chi connectivity index (χ3n) is 5.49. The van der Waals surface area contributed by atoms with E-state index >= 15 is 0 Å². The smallest absolute Gasteiger partial charge is 0.0160 e. The Balaban J connectivity index is 0.000000189. The number of benzene rings is 4. The van der Waals surface area contributed by atoms with Gasteiger partial charge in [-0.3, -0.25) is 0 Å². The van der Waals surface area contributed by atoms with Crippen LogP contribution in [0, 0.1) is 12.1 Å². The van der Waals surface area contributed by atoms with Crippen LogP contribution in [0.2, 0.25) is 0 Å². The largest absolute Gasteiger partial charge is 0.305 e. The summed E-state index contributed by atoms with van der Waals surface area (Å²) >= 11 is 0. The fraction of sp³-hybridized carbons (Fsp3) is 0. The van der Waals surface area contributed by atoms with Crippen molar-refractivity contribution in [2.75, 3.05) is 0 Å². The molecule has 0 amide bonds. The summed E-state index contributed by atoms with van der Waals surface area (Å²) in [6, 6.07) is 47.2. The number of nitrogens with zero attached hydrogens (tertiary/aromatic N) is 2. The summed E-state index contributed by atoms with van der Waals surface area (Å²) in [7, 11) is 0. The number of aromatic nitrogens is 2. The van der Waals surface area contributed by atoms with Crippen LogP contribution in [-0.4, -0.2) is 9.97 Å². The summed E-state index contributed by atoms with van der Waals surface area (Å²) < 4.78 is 0. The van der Waals surface area contributed by atoms with Gasteiger partial charge in [-0.15, -0.1) is 65.7 Å². The molecule has 0 spiro atoms. The molecule has 0 fully saturated rings. The van der Waals surface area contributed by atoms with Gasteiger partial charge in [-0.1, -0.05) is 77.9 Å². The first-order valence-electron chi connectivity index (χ1n) is 11.2. The van der Waals surface area contributed by atoms with Crippen LogP contribution in [0.5, 0.6) is 0 Å². The molecule has 0 aliphatic carbocycles. The van der Waals surface area contributed by atoms with Crippen LogP contribution in [0.1, 0.15) is 0 Å². The maximum atomic E-state index is 4.47. The topological polar surface area (TPSA) is 25.8 Å². The molecule has 4 aromatic carbocycles. The molecule has 0 unspecified atom stereocenters. The fourth-order valence-corrected chi connectivity index (χ4v) is 3.83. The van der Waals surface area contributed by atoms with E-state index in [-0.39, 0.29) is 20.1 Å². The van der Waals surface area contributed by atoms with Crippen LogP contribution < -0.4 is 0 Å². The second-order valence-electron chi connectivity index (χ2n) is 7.73. The Bertz CT molecular complexity index is 1450. The maximum absolute atomic E-state index is 4.47. The van der Waals surface area contributed by atoms with Crippen molar-refractivity contribution >= 4 is 10.8 Å². The molecular weight excluding hydrogens is 605 g/mol. The van der Waals surface area contributed by atoms with Gasteiger partial charge in [0.2, 0.25) is 0 Å². The van der Waals surface area contributed by atoms with Gasteiger partial charge in [0.25, 0.3) is 0 Å². The first-order valence-corrected chi connectivity index (χ1v) is 11.2. The summed E-state index contributed by atoms with van der Waals surface area (Å²) in [6.45, 7) is 0. The van der Waals surface area contributed by atoms with Crippen LogP contribution in [0.4, 0.5) is 0 Å². The SMILES string of the molecule is [Ir].[c-]1cccc(-c2ccc3ccccc3c2)c1-c1ccccn1.[c-]1ccccc1-c1ccccn1. The van der Waals surface area contributed by atoms with Crippen molar-refractivity contribution in [2.45, 2.75) is 0 Å². The minimum absolute atomic E-state index is 0. The van der Waals surface area contributed by atoms with Gasteiger partial charge in [0, 0.05) is 32.5 Å². The molecule has 2 heterocycles. The molecule has 0 saturated carbocycles. The molecule has 1 radical (unpaired) electrons. The van der Waals surface area contributed by atoms with E-state index in [2.05, 4.69) is 70.6 Å². The Labute approximate surface area is 219 Å². The number of hydrogen-bond acceptors (Lipinski definition) is 2. The Morgan fingerprint density at radius 1 is 0.514 bits per heavy atom. The van der Waals surface area contributed by atoms with Gasteiger partial charge in [0.05, 0.1) is 0 Å². The Morgan fingerprint density at radius 2 is 1.20 bits per heavy atom. The number of fused-ring (bicyclic) bond motifs is 1. The van der Waals surface area contributed by atoms with Crippen LogP contribution >= 0.6 is 0 Å². The average molecular weight is 627 g/mol. The van der Waals surface area contributed by atoms with E-state index in [1.807, 2.05) is 79.0 Å². The molecule has 171 valence electrons. The first kappa shape index (κ1) is 24.2. The van der Waals surface area contributed by atoms with Gasteiger partial charge >= 0.3 is 0 Å². The molecule has 0 atom stereocenters. The van der Waals surface area contributed by atoms with Gasteiger partial charge in [-0.05, 0) is 34.3 Å². The second kappa shape index (κ2) is 12.0. The van der Waals surface area contributed by atoms with Gasteiger partial charge in [-0.25, -0.2) is 0 Å². The maximum Gasteiger partial charge on any atom is 0.0160 e. The van der Waals surface area contributed by atoms with Crippen molar-refractivity contribution < 1.29 is 20.1 Å². The van der Waals surface area contributed by atoms with E-state index in [4.69, 9.17) is 0 Å². The third-order valence-corrected chi connectivity index (χ3v) is 5.49. The summed E-state index contributed by atoms with van der Waals surface area (Å²) in [5, 5.41) is 2.50. The zero-order valence-electron chi connectivity index (χ0n) is 18.9. The van der Waals surface area contributed by atoms with Crippen LogP contribution in [0.15, 0.2) is 134 Å². The van der Waals surface area contributed by atoms with Crippen LogP contribution in [-0.2, 0) is 20.1 Å². The molecule has 0 aliphatic heterocycles. The van der Waals surface area contributed by atoms with Crippen LogP contribution in [0.3, 0.4) is 0 Å². The predicted octanol–water partition coefficient (Wildman–Crippen LogP) is 7.92. The number of rotatable bonds is 3. The Morgan fingerprint density at radius 3 is 1.91 bits per heavy atom. The molecule has 6 rings (SSSR count). The van der Waals surface area contributed by atoms with Gasteiger partial charge in [0.1, 0.15) is 0 Å². The first-order chi connectivity index (χ1) is 16.9. The quantitative estimate of drug-likeness (QED) is 0.187. The van der Waals surface area contributed by atoms with Crippen molar-refractivity contribution in [2.24, 2.45) is 0 Å². The van der Waals surface area contributed by atoms with Crippen molar-refractivity contribution in [1.82, 2.24) is 9.97 Å². The van der Waals surface area contributed by atoms with E-state index < -0.39 is 0 Å². The minimum atomic E-state index is 0. The normalized spacial score (nSPS) is 10.1. The molecule has 3 heteroatoms. The van der Waals surface area contributed by atoms with E-state index in [1.54, 1.807) is 6.20 Å². The fourth-order valence-electron chi connectivity index (χ4n) is 3.83. The number of hydrogen-bond donors (Lipinski definition) is 0. The zero-order valence-corrected chi connectivity index (χ0v) is 21.3. The monoisotopic (exact) mass is 627 g/mol.